The van der Waals surface area contributed by atoms with Gasteiger partial charge < -0.3 is 10.6 Å². The van der Waals surface area contributed by atoms with Crippen molar-refractivity contribution < 1.29 is 4.79 Å². The third kappa shape index (κ3) is 3.98. The maximum absolute atomic E-state index is 12.5. The topological polar surface area (TPSA) is 41.1 Å². The second kappa shape index (κ2) is 7.27. The molecule has 0 aliphatic heterocycles. The van der Waals surface area contributed by atoms with Gasteiger partial charge in [-0.05, 0) is 29.8 Å². The Balaban J connectivity index is 1.73. The van der Waals surface area contributed by atoms with Crippen molar-refractivity contribution in [2.24, 2.45) is 0 Å². The SMILES string of the molecule is O=C(NCc1ccccc1)c1ccccc1Nc1ccccc1. The molecule has 1 amide bonds. The Kier molecular flexibility index (Phi) is 4.69. The molecular formula is C20H18N2O. The van der Waals surface area contributed by atoms with E-state index in [0.29, 0.717) is 12.1 Å². The van der Waals surface area contributed by atoms with Gasteiger partial charge in [0.15, 0.2) is 0 Å². The summed E-state index contributed by atoms with van der Waals surface area (Å²) in [5.41, 5.74) is 3.46. The molecule has 23 heavy (non-hydrogen) atoms. The van der Waals surface area contributed by atoms with Gasteiger partial charge in [0, 0.05) is 12.2 Å². The summed E-state index contributed by atoms with van der Waals surface area (Å²) in [6.45, 7) is 0.513. The smallest absolute Gasteiger partial charge is 0.253 e. The highest BCUT2D eigenvalue weighted by molar-refractivity contribution is 6.00. The molecule has 3 aromatic carbocycles. The summed E-state index contributed by atoms with van der Waals surface area (Å²) in [5.74, 6) is -0.0899. The van der Waals surface area contributed by atoms with Crippen LogP contribution in [0.2, 0.25) is 0 Å². The van der Waals surface area contributed by atoms with Crippen LogP contribution < -0.4 is 10.6 Å². The predicted molar refractivity (Wildman–Crippen MR) is 93.8 cm³/mol. The molecule has 0 radical (unpaired) electrons. The van der Waals surface area contributed by atoms with E-state index in [-0.39, 0.29) is 5.91 Å². The predicted octanol–water partition coefficient (Wildman–Crippen LogP) is 4.36. The van der Waals surface area contributed by atoms with Crippen molar-refractivity contribution >= 4 is 17.3 Å². The zero-order chi connectivity index (χ0) is 15.9. The Bertz CT molecular complexity index is 770. The van der Waals surface area contributed by atoms with Gasteiger partial charge in [-0.2, -0.15) is 0 Å². The van der Waals surface area contributed by atoms with Gasteiger partial charge in [0.05, 0.1) is 11.3 Å². The minimum Gasteiger partial charge on any atom is -0.355 e. The van der Waals surface area contributed by atoms with Gasteiger partial charge in [-0.25, -0.2) is 0 Å². The molecule has 0 unspecified atom stereocenters. The first kappa shape index (κ1) is 14.9. The van der Waals surface area contributed by atoms with E-state index >= 15 is 0 Å². The molecule has 0 saturated heterocycles. The number of nitrogens with one attached hydrogen (secondary N) is 2. The van der Waals surface area contributed by atoms with E-state index in [0.717, 1.165) is 16.9 Å². The Morgan fingerprint density at radius 1 is 0.739 bits per heavy atom. The number of carbonyl (C=O) groups is 1. The number of carbonyl (C=O) groups excluding carboxylic acids is 1. The molecule has 0 aliphatic rings. The normalized spacial score (nSPS) is 10.1. The molecule has 114 valence electrons. The Labute approximate surface area is 136 Å². The molecule has 0 heterocycles. The van der Waals surface area contributed by atoms with Crippen molar-refractivity contribution in [2.75, 3.05) is 5.32 Å². The van der Waals surface area contributed by atoms with Crippen molar-refractivity contribution in [1.82, 2.24) is 5.32 Å². The van der Waals surface area contributed by atoms with E-state index in [1.54, 1.807) is 0 Å². The van der Waals surface area contributed by atoms with E-state index in [2.05, 4.69) is 10.6 Å². The molecule has 0 bridgehead atoms. The molecule has 0 fully saturated rings. The molecule has 3 heteroatoms. The molecule has 0 spiro atoms. The summed E-state index contributed by atoms with van der Waals surface area (Å²) in [4.78, 5) is 12.5. The van der Waals surface area contributed by atoms with Crippen LogP contribution in [0.1, 0.15) is 15.9 Å². The highest BCUT2D eigenvalue weighted by atomic mass is 16.1. The molecule has 3 rings (SSSR count). The number of hydrogen-bond acceptors (Lipinski definition) is 2. The van der Waals surface area contributed by atoms with Gasteiger partial charge in [-0.3, -0.25) is 4.79 Å². The number of hydrogen-bond donors (Lipinski definition) is 2. The molecule has 3 nitrogen and oxygen atoms in total. The van der Waals surface area contributed by atoms with Crippen molar-refractivity contribution in [3.8, 4) is 0 Å². The van der Waals surface area contributed by atoms with Crippen LogP contribution in [-0.4, -0.2) is 5.91 Å². The van der Waals surface area contributed by atoms with Crippen LogP contribution in [0.15, 0.2) is 84.9 Å². The summed E-state index contributed by atoms with van der Waals surface area (Å²) in [7, 11) is 0. The lowest BCUT2D eigenvalue weighted by Gasteiger charge is -2.12. The lowest BCUT2D eigenvalue weighted by atomic mass is 10.1. The lowest BCUT2D eigenvalue weighted by Crippen LogP contribution is -2.23. The van der Waals surface area contributed by atoms with E-state index in [1.807, 2.05) is 84.9 Å². The van der Waals surface area contributed by atoms with Gasteiger partial charge in [0.2, 0.25) is 0 Å². The minimum absolute atomic E-state index is 0.0899. The van der Waals surface area contributed by atoms with Crippen molar-refractivity contribution in [2.45, 2.75) is 6.54 Å². The van der Waals surface area contributed by atoms with Gasteiger partial charge in [-0.15, -0.1) is 0 Å². The average molecular weight is 302 g/mol. The number of rotatable bonds is 5. The zero-order valence-corrected chi connectivity index (χ0v) is 12.7. The fourth-order valence-corrected chi connectivity index (χ4v) is 2.34. The standard InChI is InChI=1S/C20H18N2O/c23-20(21-15-16-9-3-1-4-10-16)18-13-7-8-14-19(18)22-17-11-5-2-6-12-17/h1-14,22H,15H2,(H,21,23). The van der Waals surface area contributed by atoms with Crippen LogP contribution in [0.5, 0.6) is 0 Å². The first-order chi connectivity index (χ1) is 11.3. The Morgan fingerprint density at radius 2 is 1.35 bits per heavy atom. The fourth-order valence-electron chi connectivity index (χ4n) is 2.34. The first-order valence-corrected chi connectivity index (χ1v) is 7.56. The van der Waals surface area contributed by atoms with Crippen LogP contribution in [0.4, 0.5) is 11.4 Å². The molecule has 3 aromatic rings. The highest BCUT2D eigenvalue weighted by Crippen LogP contribution is 2.20. The Morgan fingerprint density at radius 3 is 2.09 bits per heavy atom. The number of amides is 1. The largest absolute Gasteiger partial charge is 0.355 e. The summed E-state index contributed by atoms with van der Waals surface area (Å²) >= 11 is 0. The summed E-state index contributed by atoms with van der Waals surface area (Å²) < 4.78 is 0. The van der Waals surface area contributed by atoms with Gasteiger partial charge in [-0.1, -0.05) is 60.7 Å². The Hall–Kier alpha value is -3.07. The molecule has 0 saturated carbocycles. The zero-order valence-electron chi connectivity index (χ0n) is 12.7. The van der Waals surface area contributed by atoms with Crippen LogP contribution >= 0.6 is 0 Å². The van der Waals surface area contributed by atoms with Gasteiger partial charge >= 0.3 is 0 Å². The van der Waals surface area contributed by atoms with Gasteiger partial charge in [0.25, 0.3) is 5.91 Å². The molecule has 0 atom stereocenters. The van der Waals surface area contributed by atoms with E-state index < -0.39 is 0 Å². The van der Waals surface area contributed by atoms with Crippen LogP contribution in [-0.2, 0) is 6.54 Å². The second-order valence-corrected chi connectivity index (χ2v) is 5.20. The second-order valence-electron chi connectivity index (χ2n) is 5.20. The van der Waals surface area contributed by atoms with Crippen molar-refractivity contribution in [1.29, 1.82) is 0 Å². The van der Waals surface area contributed by atoms with Crippen LogP contribution in [0, 0.1) is 0 Å². The fraction of sp³-hybridized carbons (Fsp3) is 0.0500. The highest BCUT2D eigenvalue weighted by Gasteiger charge is 2.10. The molecule has 0 aromatic heterocycles. The summed E-state index contributed by atoms with van der Waals surface area (Å²) in [6.07, 6.45) is 0. The maximum atomic E-state index is 12.5. The maximum Gasteiger partial charge on any atom is 0.253 e. The van der Waals surface area contributed by atoms with E-state index in [9.17, 15) is 4.79 Å². The molecular weight excluding hydrogens is 284 g/mol. The average Bonchev–Trinajstić information content (AvgIpc) is 2.62. The third-order valence-electron chi connectivity index (χ3n) is 3.52. The molecule has 2 N–H and O–H groups in total. The van der Waals surface area contributed by atoms with E-state index in [4.69, 9.17) is 0 Å². The summed E-state index contributed by atoms with van der Waals surface area (Å²) in [6, 6.07) is 27.2. The lowest BCUT2D eigenvalue weighted by molar-refractivity contribution is 0.0952. The number of benzene rings is 3. The third-order valence-corrected chi connectivity index (χ3v) is 3.52. The first-order valence-electron chi connectivity index (χ1n) is 7.56. The van der Waals surface area contributed by atoms with Crippen molar-refractivity contribution in [3.63, 3.8) is 0 Å². The molecule has 0 aliphatic carbocycles. The van der Waals surface area contributed by atoms with Crippen molar-refractivity contribution in [3.05, 3.63) is 96.1 Å². The van der Waals surface area contributed by atoms with Crippen LogP contribution in [0.25, 0.3) is 0 Å². The minimum atomic E-state index is -0.0899. The van der Waals surface area contributed by atoms with Gasteiger partial charge in [0.1, 0.15) is 0 Å². The summed E-state index contributed by atoms with van der Waals surface area (Å²) in [5, 5.41) is 6.25. The van der Waals surface area contributed by atoms with E-state index in [1.165, 1.54) is 0 Å². The van der Waals surface area contributed by atoms with Crippen LogP contribution in [0.3, 0.4) is 0 Å². The monoisotopic (exact) mass is 302 g/mol. The quantitative estimate of drug-likeness (QED) is 0.735. The number of para-hydroxylation sites is 2. The number of anilines is 2.